The molecule has 40 heavy (non-hydrogen) atoms. The van der Waals surface area contributed by atoms with Crippen molar-refractivity contribution >= 4 is 127 Å². The van der Waals surface area contributed by atoms with Crippen molar-refractivity contribution in [2.75, 3.05) is 0 Å². The summed E-state index contributed by atoms with van der Waals surface area (Å²) in [4.78, 5) is -0.463. The Labute approximate surface area is 287 Å². The fourth-order valence-electron chi connectivity index (χ4n) is 3.57. The summed E-state index contributed by atoms with van der Waals surface area (Å²) in [6.07, 6.45) is 6.92. The summed E-state index contributed by atoms with van der Waals surface area (Å²) in [5.41, 5.74) is 4.61. The van der Waals surface area contributed by atoms with Crippen LogP contribution in [0.4, 0.5) is 0 Å². The quantitative estimate of drug-likeness (QED) is 0.142. The van der Waals surface area contributed by atoms with Gasteiger partial charge in [-0.2, -0.15) is 16.8 Å². The zero-order valence-corrected chi connectivity index (χ0v) is 22.6. The first-order valence-electron chi connectivity index (χ1n) is 11.0. The molecule has 0 spiro atoms. The molecule has 4 aromatic rings. The average molecular weight is 635 g/mol. The number of benzene rings is 4. The molecule has 0 atom stereocenters. The van der Waals surface area contributed by atoms with Gasteiger partial charge >= 0.3 is 59.1 Å². The van der Waals surface area contributed by atoms with E-state index >= 15 is 0 Å². The second-order valence-corrected chi connectivity index (χ2v) is 11.9. The molecule has 6 nitrogen and oxygen atoms in total. The fraction of sp³-hybridized carbons (Fsp3) is 0. The van der Waals surface area contributed by atoms with Crippen molar-refractivity contribution < 1.29 is 25.9 Å². The zero-order chi connectivity index (χ0) is 27.5. The van der Waals surface area contributed by atoms with Crippen LogP contribution in [0.5, 0.6) is 0 Å². The molecule has 0 amide bonds. The van der Waals surface area contributed by atoms with Gasteiger partial charge in [-0.25, -0.2) is 0 Å². The summed E-state index contributed by atoms with van der Waals surface area (Å²) in [5.74, 6) is 0. The Bertz CT molecular complexity index is 1640. The van der Waals surface area contributed by atoms with Crippen molar-refractivity contribution in [1.82, 2.24) is 0 Å². The van der Waals surface area contributed by atoms with Gasteiger partial charge in [0.05, 0.1) is 9.79 Å². The molecule has 0 aliphatic rings. The van der Waals surface area contributed by atoms with E-state index in [0.717, 1.165) is 22.3 Å². The molecule has 0 radical (unpaired) electrons. The third kappa shape index (κ3) is 9.39. The molecule has 0 heterocycles. The molecule has 4 aromatic carbocycles. The predicted octanol–water partition coefficient (Wildman–Crippen LogP) is 6.20. The molecule has 198 valence electrons. The first-order valence-corrected chi connectivity index (χ1v) is 14.6. The molecule has 0 bridgehead atoms. The molecule has 0 saturated heterocycles. The van der Waals surface area contributed by atoms with Crippen LogP contribution in [0.25, 0.3) is 35.4 Å². The molecule has 0 unspecified atom stereocenters. The zero-order valence-electron chi connectivity index (χ0n) is 19.5. The second-order valence-electron chi connectivity index (χ2n) is 8.23. The van der Waals surface area contributed by atoms with E-state index in [0.29, 0.717) is 21.2 Å². The van der Waals surface area contributed by atoms with Crippen molar-refractivity contribution in [3.63, 3.8) is 0 Å². The summed E-state index contributed by atoms with van der Waals surface area (Å²) in [5, 5.41) is 0.709. The van der Waals surface area contributed by atoms with Crippen LogP contribution in [0.2, 0.25) is 10.0 Å². The van der Waals surface area contributed by atoms with Gasteiger partial charge in [0.15, 0.2) is 0 Å². The van der Waals surface area contributed by atoms with E-state index in [1.54, 1.807) is 24.3 Å². The van der Waals surface area contributed by atoms with E-state index in [9.17, 15) is 25.9 Å². The van der Waals surface area contributed by atoms with Gasteiger partial charge in [0.1, 0.15) is 0 Å². The van der Waals surface area contributed by atoms with Crippen LogP contribution in [-0.4, -0.2) is 85.1 Å². The topological polar surface area (TPSA) is 109 Å². The van der Waals surface area contributed by atoms with Gasteiger partial charge in [0, 0.05) is 10.0 Å². The Hall–Kier alpha value is -1.24. The number of hydrogen-bond acceptors (Lipinski definition) is 4. The minimum atomic E-state index is -4.33. The molecular weight excluding hydrogens is 613 g/mol. The van der Waals surface area contributed by atoms with Gasteiger partial charge in [-0.3, -0.25) is 9.11 Å². The van der Waals surface area contributed by atoms with Crippen molar-refractivity contribution in [2.45, 2.75) is 9.79 Å². The Morgan fingerprint density at radius 2 is 0.825 bits per heavy atom. The maximum atomic E-state index is 11.4. The van der Waals surface area contributed by atoms with E-state index in [2.05, 4.69) is 0 Å². The SMILES string of the molecule is O=S(=O)(O)c1ccc(Cl)c(/C=C/c2ccc(-c3ccc(/C=C/c4cc(S(=O)(=O)O)ccc4Cl)cc3)cc2)c1.[NaH].[NaH]. The van der Waals surface area contributed by atoms with E-state index in [-0.39, 0.29) is 68.9 Å². The van der Waals surface area contributed by atoms with Gasteiger partial charge < -0.3 is 0 Å². The van der Waals surface area contributed by atoms with Crippen LogP contribution in [0.15, 0.2) is 94.7 Å². The van der Waals surface area contributed by atoms with Crippen molar-refractivity contribution in [1.29, 1.82) is 0 Å². The molecule has 0 aliphatic heterocycles. The third-order valence-corrected chi connectivity index (χ3v) is 7.98. The Morgan fingerprint density at radius 3 is 1.12 bits per heavy atom. The van der Waals surface area contributed by atoms with E-state index in [1.807, 2.05) is 48.5 Å². The third-order valence-electron chi connectivity index (χ3n) is 5.60. The second kappa shape index (κ2) is 14.8. The summed E-state index contributed by atoms with van der Waals surface area (Å²) in [7, 11) is -8.65. The summed E-state index contributed by atoms with van der Waals surface area (Å²) in [6, 6.07) is 23.3. The molecule has 2 N–H and O–H groups in total. The van der Waals surface area contributed by atoms with Gasteiger partial charge in [0.2, 0.25) is 0 Å². The van der Waals surface area contributed by atoms with Gasteiger partial charge in [0.25, 0.3) is 20.2 Å². The van der Waals surface area contributed by atoms with Crippen LogP contribution in [0, 0.1) is 0 Å². The molecule has 4 rings (SSSR count). The van der Waals surface area contributed by atoms with Gasteiger partial charge in [-0.15, -0.1) is 0 Å². The minimum absolute atomic E-state index is 0. The van der Waals surface area contributed by atoms with Crippen LogP contribution < -0.4 is 0 Å². The first-order chi connectivity index (χ1) is 17.9. The molecular formula is C28H22Cl2Na2O6S2. The van der Waals surface area contributed by atoms with Crippen LogP contribution in [-0.2, 0) is 20.2 Å². The molecule has 0 fully saturated rings. The van der Waals surface area contributed by atoms with Gasteiger partial charge in [-0.05, 0) is 69.8 Å². The molecule has 0 saturated carbocycles. The normalized spacial score (nSPS) is 11.8. The van der Waals surface area contributed by atoms with E-state index in [1.165, 1.54) is 36.4 Å². The van der Waals surface area contributed by atoms with E-state index < -0.39 is 20.2 Å². The number of halogens is 2. The number of hydrogen-bond donors (Lipinski definition) is 2. The van der Waals surface area contributed by atoms with Crippen LogP contribution in [0.3, 0.4) is 0 Å². The van der Waals surface area contributed by atoms with Crippen LogP contribution >= 0.6 is 23.2 Å². The molecule has 0 aromatic heterocycles. The van der Waals surface area contributed by atoms with Crippen molar-refractivity contribution in [3.05, 3.63) is 117 Å². The van der Waals surface area contributed by atoms with Gasteiger partial charge in [-0.1, -0.05) is 96.0 Å². The molecule has 0 aliphatic carbocycles. The molecule has 12 heteroatoms. The van der Waals surface area contributed by atoms with Crippen LogP contribution in [0.1, 0.15) is 22.3 Å². The monoisotopic (exact) mass is 634 g/mol. The van der Waals surface area contributed by atoms with Crippen molar-refractivity contribution in [2.24, 2.45) is 0 Å². The van der Waals surface area contributed by atoms with Crippen molar-refractivity contribution in [3.8, 4) is 11.1 Å². The Balaban J connectivity index is 0.00000280. The van der Waals surface area contributed by atoms with E-state index in [4.69, 9.17) is 23.2 Å². The Morgan fingerprint density at radius 1 is 0.500 bits per heavy atom. The summed E-state index contributed by atoms with van der Waals surface area (Å²) >= 11 is 12.3. The Kier molecular flexibility index (Phi) is 12.9. The number of rotatable bonds is 7. The average Bonchev–Trinajstić information content (AvgIpc) is 2.87. The first kappa shape index (κ1) is 35.0. The standard InChI is InChI=1S/C28H20Cl2O6S2.2Na.2H/c29-27-15-13-25(37(31,32)33)17-23(27)11-5-19-1-7-21(8-2-19)22-9-3-20(4-10-22)6-12-24-18-26(38(34,35)36)14-16-28(24)30;;;;/h1-18H,(H,31,32,33)(H,34,35,36);;;;/b11-5+,12-6+;;;;. The predicted molar refractivity (Wildman–Crippen MR) is 167 cm³/mol. The fourth-order valence-corrected chi connectivity index (χ4v) is 4.96. The summed E-state index contributed by atoms with van der Waals surface area (Å²) < 4.78 is 64.0. The maximum absolute atomic E-state index is 11.4. The summed E-state index contributed by atoms with van der Waals surface area (Å²) in [6.45, 7) is 0.